The summed E-state index contributed by atoms with van der Waals surface area (Å²) in [5, 5.41) is 9.33. The molecule has 0 bridgehead atoms. The third kappa shape index (κ3) is 10.3. The summed E-state index contributed by atoms with van der Waals surface area (Å²) in [6, 6.07) is 28.8. The summed E-state index contributed by atoms with van der Waals surface area (Å²) < 4.78 is 16.5. The third-order valence-corrected chi connectivity index (χ3v) is 7.31. The van der Waals surface area contributed by atoms with Gasteiger partial charge in [-0.25, -0.2) is 9.59 Å². The van der Waals surface area contributed by atoms with Gasteiger partial charge < -0.3 is 19.3 Å². The van der Waals surface area contributed by atoms with E-state index in [1.807, 2.05) is 18.2 Å². The molecule has 4 aromatic carbocycles. The minimum Gasteiger partial charge on any atom is -0.497 e. The van der Waals surface area contributed by atoms with Crippen molar-refractivity contribution in [2.45, 2.75) is 81.3 Å². The van der Waals surface area contributed by atoms with Crippen LogP contribution in [0, 0.1) is 0 Å². The molecule has 0 aliphatic heterocycles. The van der Waals surface area contributed by atoms with Crippen LogP contribution in [0.25, 0.3) is 0 Å². The van der Waals surface area contributed by atoms with E-state index >= 15 is 0 Å². The topological polar surface area (TPSA) is 82.1 Å². The lowest BCUT2D eigenvalue weighted by Crippen LogP contribution is -2.26. The molecule has 1 atom stereocenters. The number of hydrogen-bond donors (Lipinski definition) is 1. The van der Waals surface area contributed by atoms with Gasteiger partial charge in [0.05, 0.1) is 24.8 Å². The summed E-state index contributed by atoms with van der Waals surface area (Å²) in [5.74, 6) is 0.619. The van der Waals surface area contributed by atoms with Crippen LogP contribution in [0.1, 0.15) is 107 Å². The number of benzene rings is 4. The molecule has 6 heteroatoms. The van der Waals surface area contributed by atoms with Crippen molar-refractivity contribution < 1.29 is 28.9 Å². The smallest absolute Gasteiger partial charge is 0.343 e. The Hall–Kier alpha value is -4.42. The lowest BCUT2D eigenvalue weighted by atomic mass is 9.72. The van der Waals surface area contributed by atoms with Gasteiger partial charge in [-0.15, -0.1) is 0 Å². The molecule has 0 spiro atoms. The summed E-state index contributed by atoms with van der Waals surface area (Å²) >= 11 is 0. The number of ether oxygens (including phenoxy) is 3. The molecule has 0 saturated carbocycles. The summed E-state index contributed by atoms with van der Waals surface area (Å²) in [7, 11) is 1.57. The predicted octanol–water partition coefficient (Wildman–Crippen LogP) is 10.0. The molecule has 0 fully saturated rings. The van der Waals surface area contributed by atoms with Gasteiger partial charge in [0.1, 0.15) is 17.2 Å². The summed E-state index contributed by atoms with van der Waals surface area (Å²) in [6.07, 6.45) is 1.67. The van der Waals surface area contributed by atoms with Crippen molar-refractivity contribution in [2.75, 3.05) is 7.11 Å². The molecule has 0 aliphatic rings. The number of carbonyl (C=O) groups excluding carboxylic acids is 2. The van der Waals surface area contributed by atoms with Crippen LogP contribution in [0.15, 0.2) is 97.1 Å². The average Bonchev–Trinajstić information content (AvgIpc) is 3.00. The van der Waals surface area contributed by atoms with Crippen LogP contribution in [0.2, 0.25) is 0 Å². The molecule has 4 aromatic rings. The van der Waals surface area contributed by atoms with Crippen LogP contribution in [-0.2, 0) is 12.0 Å². The number of rotatable bonds is 11. The molecule has 0 aromatic heterocycles. The Morgan fingerprint density at radius 3 is 1.80 bits per heavy atom. The van der Waals surface area contributed by atoms with Crippen molar-refractivity contribution in [1.29, 1.82) is 0 Å². The maximum atomic E-state index is 13.5. The first kappa shape index (κ1) is 40.6. The molecule has 0 saturated heterocycles. The van der Waals surface area contributed by atoms with Crippen molar-refractivity contribution in [3.05, 3.63) is 125 Å². The molecule has 244 valence electrons. The standard InChI is InChI=1S/C35H36O6.4CH4/c1-5-25(26-9-7-6-8-10-26)22-35(2,3)32-21-27(33(37)40-30-18-16-28(39-4)17-19-30)13-20-31(32)34(38)41-29-14-11-24(23-36)12-15-29;;;;/h6-21,25,36H,5,22-23H2,1-4H3;4*1H4. The first-order chi connectivity index (χ1) is 19.7. The number of methoxy groups -OCH3 is 1. The largest absolute Gasteiger partial charge is 0.497 e. The van der Waals surface area contributed by atoms with Crippen LogP contribution in [-0.4, -0.2) is 24.2 Å². The quantitative estimate of drug-likeness (QED) is 0.133. The highest BCUT2D eigenvalue weighted by molar-refractivity contribution is 5.96. The average molecular weight is 617 g/mol. The zero-order valence-electron chi connectivity index (χ0n) is 23.9. The number of carbonyl (C=O) groups is 2. The summed E-state index contributed by atoms with van der Waals surface area (Å²) in [6.45, 7) is 6.22. The van der Waals surface area contributed by atoms with Gasteiger partial charge in [-0.2, -0.15) is 0 Å². The summed E-state index contributed by atoms with van der Waals surface area (Å²) in [4.78, 5) is 26.7. The molecule has 0 radical (unpaired) electrons. The van der Waals surface area contributed by atoms with E-state index in [-0.39, 0.29) is 42.2 Å². The molecule has 1 unspecified atom stereocenters. The van der Waals surface area contributed by atoms with E-state index in [4.69, 9.17) is 14.2 Å². The van der Waals surface area contributed by atoms with Gasteiger partial charge in [-0.1, -0.05) is 92.9 Å². The molecule has 0 heterocycles. The first-order valence-corrected chi connectivity index (χ1v) is 13.7. The normalized spacial score (nSPS) is 10.9. The van der Waals surface area contributed by atoms with E-state index in [9.17, 15) is 14.7 Å². The van der Waals surface area contributed by atoms with Gasteiger partial charge in [0.25, 0.3) is 0 Å². The highest BCUT2D eigenvalue weighted by Crippen LogP contribution is 2.39. The number of esters is 2. The Balaban J connectivity index is 0.00000484. The molecule has 1 N–H and O–H groups in total. The second-order valence-electron chi connectivity index (χ2n) is 10.6. The predicted molar refractivity (Wildman–Crippen MR) is 186 cm³/mol. The lowest BCUT2D eigenvalue weighted by Gasteiger charge is -2.32. The monoisotopic (exact) mass is 616 g/mol. The van der Waals surface area contributed by atoms with E-state index in [1.54, 1.807) is 73.8 Å². The van der Waals surface area contributed by atoms with Gasteiger partial charge in [0.2, 0.25) is 0 Å². The van der Waals surface area contributed by atoms with E-state index in [2.05, 4.69) is 32.9 Å². The number of aliphatic hydroxyl groups excluding tert-OH is 1. The van der Waals surface area contributed by atoms with Crippen molar-refractivity contribution in [2.24, 2.45) is 0 Å². The second-order valence-corrected chi connectivity index (χ2v) is 10.6. The Morgan fingerprint density at radius 1 is 0.733 bits per heavy atom. The van der Waals surface area contributed by atoms with E-state index in [0.717, 1.165) is 18.4 Å². The summed E-state index contributed by atoms with van der Waals surface area (Å²) in [5.41, 5.74) is 2.87. The number of hydrogen-bond acceptors (Lipinski definition) is 6. The molecular formula is C39H52O6. The van der Waals surface area contributed by atoms with Gasteiger partial charge in [0, 0.05) is 0 Å². The van der Waals surface area contributed by atoms with Gasteiger partial charge in [-0.05, 0) is 95.5 Å². The van der Waals surface area contributed by atoms with Gasteiger partial charge in [0.15, 0.2) is 0 Å². The molecule has 0 aliphatic carbocycles. The molecule has 4 rings (SSSR count). The van der Waals surface area contributed by atoms with Crippen LogP contribution in [0.5, 0.6) is 17.2 Å². The molecule has 6 nitrogen and oxygen atoms in total. The zero-order chi connectivity index (χ0) is 29.4. The second kappa shape index (κ2) is 18.4. The maximum Gasteiger partial charge on any atom is 0.343 e. The van der Waals surface area contributed by atoms with Crippen LogP contribution in [0.3, 0.4) is 0 Å². The highest BCUT2D eigenvalue weighted by atomic mass is 16.5. The third-order valence-electron chi connectivity index (χ3n) is 7.31. The van der Waals surface area contributed by atoms with E-state index in [1.165, 1.54) is 5.56 Å². The van der Waals surface area contributed by atoms with Crippen molar-refractivity contribution in [3.63, 3.8) is 0 Å². The van der Waals surface area contributed by atoms with Gasteiger partial charge in [-0.3, -0.25) is 0 Å². The Morgan fingerprint density at radius 2 is 1.27 bits per heavy atom. The van der Waals surface area contributed by atoms with Crippen molar-refractivity contribution >= 4 is 11.9 Å². The Labute approximate surface area is 271 Å². The van der Waals surface area contributed by atoms with E-state index in [0.29, 0.717) is 33.9 Å². The number of aliphatic hydroxyl groups is 1. The van der Waals surface area contributed by atoms with Crippen molar-refractivity contribution in [1.82, 2.24) is 0 Å². The van der Waals surface area contributed by atoms with Gasteiger partial charge >= 0.3 is 11.9 Å². The molecule has 0 amide bonds. The lowest BCUT2D eigenvalue weighted by molar-refractivity contribution is 0.0718. The minimum absolute atomic E-state index is 0. The molecule has 45 heavy (non-hydrogen) atoms. The van der Waals surface area contributed by atoms with E-state index < -0.39 is 17.4 Å². The molecular weight excluding hydrogens is 564 g/mol. The fourth-order valence-electron chi connectivity index (χ4n) is 4.99. The first-order valence-electron chi connectivity index (χ1n) is 13.7. The van der Waals surface area contributed by atoms with Crippen LogP contribution < -0.4 is 14.2 Å². The fourth-order valence-corrected chi connectivity index (χ4v) is 4.99. The fraction of sp³-hybridized carbons (Fsp3) is 0.333. The zero-order valence-corrected chi connectivity index (χ0v) is 23.9. The Bertz CT molecular complexity index is 1460. The van der Waals surface area contributed by atoms with Crippen molar-refractivity contribution in [3.8, 4) is 17.2 Å². The SMILES string of the molecule is C.C.C.C.CCC(CC(C)(C)c1cc(C(=O)Oc2ccc(OC)cc2)ccc1C(=O)Oc1ccc(CO)cc1)c1ccccc1. The van der Waals surface area contributed by atoms with Crippen LogP contribution in [0.4, 0.5) is 0 Å². The highest BCUT2D eigenvalue weighted by Gasteiger charge is 2.31. The Kier molecular flexibility index (Phi) is 16.6. The minimum atomic E-state index is -0.526. The maximum absolute atomic E-state index is 13.5. The van der Waals surface area contributed by atoms with Crippen LogP contribution >= 0.6 is 0 Å².